The molecule has 0 aliphatic heterocycles. The molecule has 1 aromatic carbocycles. The van der Waals surface area contributed by atoms with Crippen LogP contribution in [0.2, 0.25) is 0 Å². The van der Waals surface area contributed by atoms with Crippen LogP contribution in [0.3, 0.4) is 0 Å². The number of thiazole rings is 1. The zero-order chi connectivity index (χ0) is 11.7. The summed E-state index contributed by atoms with van der Waals surface area (Å²) in [6.45, 7) is 1.65. The molecule has 0 amide bonds. The molecule has 84 valence electrons. The van der Waals surface area contributed by atoms with Crippen LogP contribution in [0.4, 0.5) is 5.69 Å². The van der Waals surface area contributed by atoms with Crippen LogP contribution in [0.5, 0.6) is 0 Å². The molecule has 6 heteroatoms. The highest BCUT2D eigenvalue weighted by molar-refractivity contribution is 8.02. The van der Waals surface area contributed by atoms with Crippen molar-refractivity contribution in [2.24, 2.45) is 0 Å². The molecule has 4 nitrogen and oxygen atoms in total. The molecule has 1 atom stereocenters. The lowest BCUT2D eigenvalue weighted by Gasteiger charge is -2.00. The molecule has 16 heavy (non-hydrogen) atoms. The number of nitrogens with two attached hydrogens (primary N) is 1. The number of anilines is 1. The molecule has 0 bridgehead atoms. The van der Waals surface area contributed by atoms with Gasteiger partial charge in [0.25, 0.3) is 0 Å². The number of hydrogen-bond acceptors (Lipinski definition) is 5. The van der Waals surface area contributed by atoms with Crippen molar-refractivity contribution in [3.8, 4) is 0 Å². The van der Waals surface area contributed by atoms with Gasteiger partial charge in [-0.2, -0.15) is 0 Å². The van der Waals surface area contributed by atoms with E-state index in [0.29, 0.717) is 5.69 Å². The molecule has 1 unspecified atom stereocenters. The maximum atomic E-state index is 10.7. The van der Waals surface area contributed by atoms with E-state index in [9.17, 15) is 4.79 Å². The maximum Gasteiger partial charge on any atom is 0.316 e. The minimum absolute atomic E-state index is 0.488. The van der Waals surface area contributed by atoms with Gasteiger partial charge in [-0.25, -0.2) is 4.98 Å². The Hall–Kier alpha value is -1.27. The van der Waals surface area contributed by atoms with Gasteiger partial charge in [0.1, 0.15) is 5.25 Å². The van der Waals surface area contributed by atoms with E-state index in [0.717, 1.165) is 14.6 Å². The van der Waals surface area contributed by atoms with E-state index in [1.54, 1.807) is 13.0 Å². The highest BCUT2D eigenvalue weighted by Gasteiger charge is 2.15. The summed E-state index contributed by atoms with van der Waals surface area (Å²) in [5.74, 6) is -0.830. The van der Waals surface area contributed by atoms with Gasteiger partial charge >= 0.3 is 5.97 Å². The highest BCUT2D eigenvalue weighted by Crippen LogP contribution is 2.32. The first-order valence-electron chi connectivity index (χ1n) is 4.62. The van der Waals surface area contributed by atoms with Crippen LogP contribution in [0.15, 0.2) is 22.5 Å². The molecule has 0 spiro atoms. The van der Waals surface area contributed by atoms with Crippen molar-refractivity contribution in [1.82, 2.24) is 4.98 Å². The smallest absolute Gasteiger partial charge is 0.316 e. The Morgan fingerprint density at radius 3 is 3.06 bits per heavy atom. The van der Waals surface area contributed by atoms with Crippen molar-refractivity contribution >= 4 is 45.0 Å². The molecular formula is C10H10N2O2S2. The van der Waals surface area contributed by atoms with Gasteiger partial charge in [0.05, 0.1) is 10.2 Å². The van der Waals surface area contributed by atoms with Crippen LogP contribution >= 0.6 is 23.1 Å². The summed E-state index contributed by atoms with van der Waals surface area (Å²) >= 11 is 2.72. The van der Waals surface area contributed by atoms with Gasteiger partial charge in [-0.1, -0.05) is 11.8 Å². The fourth-order valence-electron chi connectivity index (χ4n) is 1.17. The number of thioether (sulfide) groups is 1. The Labute approximate surface area is 100 Å². The zero-order valence-corrected chi connectivity index (χ0v) is 10.1. The van der Waals surface area contributed by atoms with Crippen LogP contribution in [0.25, 0.3) is 10.2 Å². The molecule has 3 N–H and O–H groups in total. The number of carboxylic acid groups (broad SMARTS) is 1. The highest BCUT2D eigenvalue weighted by atomic mass is 32.2. The van der Waals surface area contributed by atoms with Crippen LogP contribution < -0.4 is 5.73 Å². The van der Waals surface area contributed by atoms with Crippen molar-refractivity contribution in [2.75, 3.05) is 5.73 Å². The largest absolute Gasteiger partial charge is 0.480 e. The van der Waals surface area contributed by atoms with E-state index in [2.05, 4.69) is 4.98 Å². The average molecular weight is 254 g/mol. The topological polar surface area (TPSA) is 76.2 Å². The van der Waals surface area contributed by atoms with Gasteiger partial charge in [0.15, 0.2) is 4.34 Å². The zero-order valence-electron chi connectivity index (χ0n) is 8.51. The number of hydrogen-bond donors (Lipinski definition) is 2. The Balaban J connectivity index is 2.29. The lowest BCUT2D eigenvalue weighted by Crippen LogP contribution is -2.10. The molecule has 0 aliphatic carbocycles. The number of carboxylic acids is 1. The molecule has 2 rings (SSSR count). The third kappa shape index (κ3) is 2.28. The van der Waals surface area contributed by atoms with E-state index in [1.165, 1.54) is 23.1 Å². The summed E-state index contributed by atoms with van der Waals surface area (Å²) in [5.41, 5.74) is 7.21. The number of aromatic nitrogens is 1. The molecule has 0 saturated heterocycles. The SMILES string of the molecule is CC(Sc1nc2ccc(N)cc2s1)C(=O)O. The average Bonchev–Trinajstić information content (AvgIpc) is 2.58. The first-order chi connectivity index (χ1) is 7.56. The predicted molar refractivity (Wildman–Crippen MR) is 67.0 cm³/mol. The monoisotopic (exact) mass is 254 g/mol. The Kier molecular flexibility index (Phi) is 3.02. The number of aliphatic carboxylic acids is 1. The second kappa shape index (κ2) is 4.31. The van der Waals surface area contributed by atoms with Crippen molar-refractivity contribution in [2.45, 2.75) is 16.5 Å². The van der Waals surface area contributed by atoms with Crippen LogP contribution in [0.1, 0.15) is 6.92 Å². The lowest BCUT2D eigenvalue weighted by atomic mass is 10.3. The van der Waals surface area contributed by atoms with Gasteiger partial charge in [-0.3, -0.25) is 4.79 Å². The van der Waals surface area contributed by atoms with E-state index >= 15 is 0 Å². The molecule has 0 aliphatic rings. The van der Waals surface area contributed by atoms with E-state index in [1.807, 2.05) is 12.1 Å². The second-order valence-electron chi connectivity index (χ2n) is 3.31. The minimum atomic E-state index is -0.830. The number of fused-ring (bicyclic) bond motifs is 1. The van der Waals surface area contributed by atoms with E-state index in [4.69, 9.17) is 10.8 Å². The van der Waals surface area contributed by atoms with Gasteiger partial charge in [0.2, 0.25) is 0 Å². The maximum absolute atomic E-state index is 10.7. The standard InChI is InChI=1S/C10H10N2O2S2/c1-5(9(13)14)15-10-12-7-3-2-6(11)4-8(7)16-10/h2-5H,11H2,1H3,(H,13,14). The van der Waals surface area contributed by atoms with Crippen LogP contribution in [-0.2, 0) is 4.79 Å². The fourth-order valence-corrected chi connectivity index (χ4v) is 3.37. The normalized spacial score (nSPS) is 12.8. The van der Waals surface area contributed by atoms with Gasteiger partial charge in [-0.05, 0) is 25.1 Å². The third-order valence-corrected chi connectivity index (χ3v) is 4.22. The van der Waals surface area contributed by atoms with Gasteiger partial charge in [0, 0.05) is 5.69 Å². The van der Waals surface area contributed by atoms with Crippen molar-refractivity contribution in [3.05, 3.63) is 18.2 Å². The van der Waals surface area contributed by atoms with E-state index in [-0.39, 0.29) is 0 Å². The second-order valence-corrected chi connectivity index (χ2v) is 5.92. The number of nitrogen functional groups attached to an aromatic ring is 1. The molecule has 0 fully saturated rings. The summed E-state index contributed by atoms with van der Waals surface area (Å²) in [5, 5.41) is 8.31. The summed E-state index contributed by atoms with van der Waals surface area (Å²) < 4.78 is 1.75. The summed E-state index contributed by atoms with van der Waals surface area (Å²) in [4.78, 5) is 15.0. The predicted octanol–water partition coefficient (Wildman–Crippen LogP) is 2.44. The van der Waals surface area contributed by atoms with Crippen molar-refractivity contribution in [1.29, 1.82) is 0 Å². The number of nitrogens with zero attached hydrogens (tertiary/aromatic N) is 1. The Bertz CT molecular complexity index is 539. The third-order valence-electron chi connectivity index (χ3n) is 2.02. The van der Waals surface area contributed by atoms with Gasteiger partial charge in [-0.15, -0.1) is 11.3 Å². The molecule has 1 heterocycles. The summed E-state index contributed by atoms with van der Waals surface area (Å²) in [6, 6.07) is 5.48. The first-order valence-corrected chi connectivity index (χ1v) is 6.31. The van der Waals surface area contributed by atoms with Crippen LogP contribution in [-0.4, -0.2) is 21.3 Å². The number of benzene rings is 1. The molecule has 2 aromatic rings. The fraction of sp³-hybridized carbons (Fsp3) is 0.200. The van der Waals surface area contributed by atoms with Crippen molar-refractivity contribution in [3.63, 3.8) is 0 Å². The Morgan fingerprint density at radius 1 is 1.62 bits per heavy atom. The Morgan fingerprint density at radius 2 is 2.38 bits per heavy atom. The lowest BCUT2D eigenvalue weighted by molar-refractivity contribution is -0.136. The molecular weight excluding hydrogens is 244 g/mol. The minimum Gasteiger partial charge on any atom is -0.480 e. The van der Waals surface area contributed by atoms with Crippen LogP contribution in [0, 0.1) is 0 Å². The number of rotatable bonds is 3. The molecule has 1 aromatic heterocycles. The van der Waals surface area contributed by atoms with E-state index < -0.39 is 11.2 Å². The van der Waals surface area contributed by atoms with Crippen molar-refractivity contribution < 1.29 is 9.90 Å². The number of carbonyl (C=O) groups is 1. The summed E-state index contributed by atoms with van der Waals surface area (Å²) in [7, 11) is 0. The quantitative estimate of drug-likeness (QED) is 0.650. The molecule has 0 radical (unpaired) electrons. The van der Waals surface area contributed by atoms with Gasteiger partial charge < -0.3 is 10.8 Å². The first kappa shape index (κ1) is 11.2. The molecule has 0 saturated carbocycles. The summed E-state index contributed by atoms with van der Waals surface area (Å²) in [6.07, 6.45) is 0.